The molecular formula is C25H23F4N9. The number of nitrogens with zero attached hydrogens (tertiary/aromatic N) is 7. The molecule has 4 aromatic rings. The molecule has 1 spiro atoms. The van der Waals surface area contributed by atoms with Crippen molar-refractivity contribution in [2.75, 3.05) is 29.0 Å². The van der Waals surface area contributed by atoms with Gasteiger partial charge in [0.25, 0.3) is 0 Å². The number of pyridine rings is 1. The highest BCUT2D eigenvalue weighted by molar-refractivity contribution is 5.70. The lowest BCUT2D eigenvalue weighted by Crippen LogP contribution is -2.47. The Bertz CT molecular complexity index is 1510. The van der Waals surface area contributed by atoms with Gasteiger partial charge in [-0.1, -0.05) is 0 Å². The van der Waals surface area contributed by atoms with Crippen LogP contribution in [0.5, 0.6) is 0 Å². The molecular weight excluding hydrogens is 502 g/mol. The summed E-state index contributed by atoms with van der Waals surface area (Å²) in [5.41, 5.74) is 6.17. The molecule has 9 nitrogen and oxygen atoms in total. The van der Waals surface area contributed by atoms with Crippen molar-refractivity contribution in [1.29, 1.82) is 0 Å². The molecule has 0 bridgehead atoms. The van der Waals surface area contributed by atoms with Crippen molar-refractivity contribution in [1.82, 2.24) is 29.7 Å². The highest BCUT2D eigenvalue weighted by Crippen LogP contribution is 2.56. The van der Waals surface area contributed by atoms with Gasteiger partial charge in [-0.3, -0.25) is 0 Å². The van der Waals surface area contributed by atoms with Gasteiger partial charge in [0.1, 0.15) is 5.82 Å². The Morgan fingerprint density at radius 2 is 1.79 bits per heavy atom. The predicted octanol–water partition coefficient (Wildman–Crippen LogP) is 4.56. The first kappa shape index (κ1) is 24.1. The molecule has 1 aliphatic heterocycles. The molecule has 1 aromatic carbocycles. The molecule has 1 aliphatic carbocycles. The number of halogens is 4. The summed E-state index contributed by atoms with van der Waals surface area (Å²) in [6.07, 6.45) is 5.04. The molecule has 0 amide bonds. The van der Waals surface area contributed by atoms with Crippen LogP contribution in [0.3, 0.4) is 0 Å². The summed E-state index contributed by atoms with van der Waals surface area (Å²) in [5, 5.41) is 7.38. The number of nitrogens with one attached hydrogen (secondary N) is 1. The van der Waals surface area contributed by atoms with Crippen molar-refractivity contribution in [2.24, 2.45) is 12.5 Å². The molecule has 196 valence electrons. The van der Waals surface area contributed by atoms with Crippen molar-refractivity contribution < 1.29 is 17.6 Å². The van der Waals surface area contributed by atoms with Gasteiger partial charge in [-0.2, -0.15) is 4.98 Å². The van der Waals surface area contributed by atoms with Crippen molar-refractivity contribution in [3.05, 3.63) is 54.5 Å². The van der Waals surface area contributed by atoms with Crippen LogP contribution in [0, 0.1) is 17.0 Å². The molecule has 3 N–H and O–H groups in total. The van der Waals surface area contributed by atoms with Crippen molar-refractivity contribution >= 4 is 23.4 Å². The number of nitrogen functional groups attached to an aromatic ring is 1. The summed E-state index contributed by atoms with van der Waals surface area (Å²) in [5.74, 6) is -3.13. The molecule has 0 atom stereocenters. The molecule has 6 rings (SSSR count). The monoisotopic (exact) mass is 525 g/mol. The van der Waals surface area contributed by atoms with Gasteiger partial charge in [0, 0.05) is 73.8 Å². The third kappa shape index (κ3) is 4.27. The average Bonchev–Trinajstić information content (AvgIpc) is 3.45. The van der Waals surface area contributed by atoms with Crippen molar-refractivity contribution in [2.45, 2.75) is 25.2 Å². The second-order valence-electron chi connectivity index (χ2n) is 9.91. The normalized spacial score (nSPS) is 17.6. The fraction of sp³-hybridized carbons (Fsp3) is 0.320. The maximum atomic E-state index is 14.8. The van der Waals surface area contributed by atoms with Gasteiger partial charge in [0.15, 0.2) is 17.5 Å². The Morgan fingerprint density at radius 3 is 2.50 bits per heavy atom. The zero-order chi connectivity index (χ0) is 26.7. The van der Waals surface area contributed by atoms with E-state index in [1.54, 1.807) is 25.5 Å². The van der Waals surface area contributed by atoms with E-state index in [1.165, 1.54) is 29.1 Å². The van der Waals surface area contributed by atoms with E-state index in [9.17, 15) is 17.6 Å². The van der Waals surface area contributed by atoms with Crippen LogP contribution in [-0.2, 0) is 7.05 Å². The molecule has 2 aliphatic rings. The number of alkyl halides is 2. The minimum atomic E-state index is -2.56. The van der Waals surface area contributed by atoms with E-state index in [4.69, 9.17) is 5.73 Å². The van der Waals surface area contributed by atoms with Crippen molar-refractivity contribution in [3.8, 4) is 22.5 Å². The van der Waals surface area contributed by atoms with Crippen LogP contribution in [0.4, 0.5) is 41.0 Å². The second kappa shape index (κ2) is 8.64. The minimum absolute atomic E-state index is 0.0145. The quantitative estimate of drug-likeness (QED) is 0.365. The van der Waals surface area contributed by atoms with Gasteiger partial charge in [-0.05, 0) is 30.7 Å². The Balaban J connectivity index is 1.16. The smallest absolute Gasteiger partial charge is 0.249 e. The molecule has 1 saturated heterocycles. The van der Waals surface area contributed by atoms with E-state index >= 15 is 0 Å². The van der Waals surface area contributed by atoms with Crippen LogP contribution in [0.15, 0.2) is 42.9 Å². The van der Waals surface area contributed by atoms with E-state index in [2.05, 4.69) is 30.4 Å². The number of hydrogen-bond donors (Lipinski definition) is 2. The van der Waals surface area contributed by atoms with E-state index in [-0.39, 0.29) is 35.2 Å². The first-order valence-electron chi connectivity index (χ1n) is 11.9. The number of benzene rings is 1. The molecule has 4 heterocycles. The summed E-state index contributed by atoms with van der Waals surface area (Å²) in [7, 11) is 1.67. The first-order chi connectivity index (χ1) is 18.1. The molecule has 1 saturated carbocycles. The van der Waals surface area contributed by atoms with Gasteiger partial charge >= 0.3 is 0 Å². The zero-order valence-electron chi connectivity index (χ0n) is 20.3. The Labute approximate surface area is 214 Å². The number of aryl methyl sites for hydroxylation is 1. The second-order valence-corrected chi connectivity index (χ2v) is 9.91. The van der Waals surface area contributed by atoms with Crippen molar-refractivity contribution in [3.63, 3.8) is 0 Å². The SMILES string of the molecule is Cn1nc(-c2cnc(N3CCC4(C3)CC(F)(F)C4)nc2)nc1Nc1ccc(-c2ccnc(N)c2F)c(F)c1. The number of hydrogen-bond acceptors (Lipinski definition) is 8. The summed E-state index contributed by atoms with van der Waals surface area (Å²) in [6.45, 7) is 1.16. The van der Waals surface area contributed by atoms with Crippen LogP contribution in [0.25, 0.3) is 22.5 Å². The lowest BCUT2D eigenvalue weighted by molar-refractivity contribution is -0.152. The summed E-state index contributed by atoms with van der Waals surface area (Å²) < 4.78 is 57.4. The van der Waals surface area contributed by atoms with Gasteiger partial charge in [0.05, 0.1) is 5.56 Å². The van der Waals surface area contributed by atoms with Gasteiger partial charge < -0.3 is 16.0 Å². The van der Waals surface area contributed by atoms with E-state index < -0.39 is 17.6 Å². The molecule has 3 aromatic heterocycles. The number of rotatable bonds is 5. The minimum Gasteiger partial charge on any atom is -0.381 e. The van der Waals surface area contributed by atoms with Crippen LogP contribution in [0.2, 0.25) is 0 Å². The highest BCUT2D eigenvalue weighted by Gasteiger charge is 2.58. The summed E-state index contributed by atoms with van der Waals surface area (Å²) in [6, 6.07) is 5.60. The molecule has 0 unspecified atom stereocenters. The highest BCUT2D eigenvalue weighted by atomic mass is 19.3. The van der Waals surface area contributed by atoms with E-state index in [0.29, 0.717) is 48.5 Å². The number of anilines is 4. The third-order valence-corrected chi connectivity index (χ3v) is 7.08. The maximum Gasteiger partial charge on any atom is 0.249 e. The molecule has 0 radical (unpaired) electrons. The molecule has 13 heteroatoms. The average molecular weight is 526 g/mol. The largest absolute Gasteiger partial charge is 0.381 e. The standard InChI is InChI=1S/C25H23F4N9/c1-37-23(34-15-2-3-16(18(26)8-15)17-4-6-31-20(30)19(17)27)35-21(36-37)14-9-32-22(33-10-14)38-7-5-24(13-38)11-25(28,29)12-24/h2-4,6,8-10H,5,7,11-13H2,1H3,(H2,30,31)(H,34,35,36). The zero-order valence-corrected chi connectivity index (χ0v) is 20.3. The first-order valence-corrected chi connectivity index (χ1v) is 11.9. The fourth-order valence-corrected chi connectivity index (χ4v) is 5.26. The molecule has 38 heavy (non-hydrogen) atoms. The lowest BCUT2D eigenvalue weighted by Gasteiger charge is -2.44. The lowest BCUT2D eigenvalue weighted by atomic mass is 9.65. The van der Waals surface area contributed by atoms with Crippen LogP contribution >= 0.6 is 0 Å². The Morgan fingerprint density at radius 1 is 1.03 bits per heavy atom. The fourth-order valence-electron chi connectivity index (χ4n) is 5.26. The molecule has 2 fully saturated rings. The van der Waals surface area contributed by atoms with E-state index in [1.807, 2.05) is 4.90 Å². The summed E-state index contributed by atoms with van der Waals surface area (Å²) in [4.78, 5) is 18.9. The predicted molar refractivity (Wildman–Crippen MR) is 133 cm³/mol. The maximum absolute atomic E-state index is 14.8. The third-order valence-electron chi connectivity index (χ3n) is 7.08. The van der Waals surface area contributed by atoms with Gasteiger partial charge in [-0.25, -0.2) is 37.2 Å². The Kier molecular flexibility index (Phi) is 5.47. The van der Waals surface area contributed by atoms with Crippen LogP contribution in [0.1, 0.15) is 19.3 Å². The van der Waals surface area contributed by atoms with E-state index in [0.717, 1.165) is 0 Å². The van der Waals surface area contributed by atoms with Crippen LogP contribution in [-0.4, -0.2) is 48.7 Å². The van der Waals surface area contributed by atoms with Crippen LogP contribution < -0.4 is 16.0 Å². The van der Waals surface area contributed by atoms with Gasteiger partial charge in [-0.15, -0.1) is 5.10 Å². The topological polar surface area (TPSA) is 111 Å². The number of aromatic nitrogens is 6. The Hall–Kier alpha value is -4.29. The number of nitrogens with two attached hydrogens (primary N) is 1. The summed E-state index contributed by atoms with van der Waals surface area (Å²) >= 11 is 0. The van der Waals surface area contributed by atoms with Gasteiger partial charge in [0.2, 0.25) is 17.8 Å².